The number of benzene rings is 2. The van der Waals surface area contributed by atoms with E-state index in [-0.39, 0.29) is 17.3 Å². The standard InChI is InChI=1S/C24H21FN2O4S/c1-27(2)23(29)17-7-11-19(12-8-17)26-22(28)15-31-24(30)20(21-4-3-13-32-21)14-16-5-9-18(25)10-6-16/h3-14H,15H2,1-2H3,(H,26,28)/b20-14+. The highest BCUT2D eigenvalue weighted by atomic mass is 32.1. The molecule has 0 spiro atoms. The zero-order chi connectivity index (χ0) is 23.1. The second kappa shape index (κ2) is 10.5. The second-order valence-electron chi connectivity index (χ2n) is 6.99. The summed E-state index contributed by atoms with van der Waals surface area (Å²) < 4.78 is 18.4. The van der Waals surface area contributed by atoms with Crippen LogP contribution in [0.5, 0.6) is 0 Å². The lowest BCUT2D eigenvalue weighted by atomic mass is 10.1. The summed E-state index contributed by atoms with van der Waals surface area (Å²) in [5, 5.41) is 4.44. The van der Waals surface area contributed by atoms with Gasteiger partial charge in [-0.05, 0) is 59.5 Å². The van der Waals surface area contributed by atoms with Gasteiger partial charge in [-0.25, -0.2) is 9.18 Å². The van der Waals surface area contributed by atoms with E-state index >= 15 is 0 Å². The Morgan fingerprint density at radius 2 is 1.72 bits per heavy atom. The molecule has 2 amide bonds. The molecule has 0 aliphatic carbocycles. The third kappa shape index (κ3) is 6.12. The maximum absolute atomic E-state index is 13.2. The highest BCUT2D eigenvalue weighted by Gasteiger charge is 2.17. The third-order valence-electron chi connectivity index (χ3n) is 4.34. The van der Waals surface area contributed by atoms with Crippen LogP contribution in [0.3, 0.4) is 0 Å². The summed E-state index contributed by atoms with van der Waals surface area (Å²) in [7, 11) is 3.31. The van der Waals surface area contributed by atoms with Gasteiger partial charge in [0, 0.05) is 30.2 Å². The summed E-state index contributed by atoms with van der Waals surface area (Å²) in [5.74, 6) is -1.71. The van der Waals surface area contributed by atoms with E-state index in [1.165, 1.54) is 28.4 Å². The van der Waals surface area contributed by atoms with E-state index in [4.69, 9.17) is 4.74 Å². The first-order valence-corrected chi connectivity index (χ1v) is 10.5. The van der Waals surface area contributed by atoms with E-state index in [9.17, 15) is 18.8 Å². The van der Waals surface area contributed by atoms with Crippen molar-refractivity contribution >= 4 is 46.5 Å². The average Bonchev–Trinajstić information content (AvgIpc) is 3.31. The van der Waals surface area contributed by atoms with Crippen LogP contribution in [0.25, 0.3) is 11.6 Å². The van der Waals surface area contributed by atoms with Gasteiger partial charge in [0.15, 0.2) is 6.61 Å². The summed E-state index contributed by atoms with van der Waals surface area (Å²) >= 11 is 1.35. The van der Waals surface area contributed by atoms with Crippen LogP contribution >= 0.6 is 11.3 Å². The molecule has 0 aliphatic rings. The molecule has 1 N–H and O–H groups in total. The second-order valence-corrected chi connectivity index (χ2v) is 7.94. The lowest BCUT2D eigenvalue weighted by Gasteiger charge is -2.11. The number of carbonyl (C=O) groups excluding carboxylic acids is 3. The molecular formula is C24H21FN2O4S. The molecular weight excluding hydrogens is 431 g/mol. The van der Waals surface area contributed by atoms with E-state index in [0.717, 1.165) is 0 Å². The first-order chi connectivity index (χ1) is 15.3. The Balaban J connectivity index is 1.64. The maximum atomic E-state index is 13.2. The van der Waals surface area contributed by atoms with Gasteiger partial charge in [-0.15, -0.1) is 11.3 Å². The average molecular weight is 453 g/mol. The van der Waals surface area contributed by atoms with Crippen molar-refractivity contribution in [3.63, 3.8) is 0 Å². The van der Waals surface area contributed by atoms with E-state index in [1.807, 2.05) is 5.38 Å². The summed E-state index contributed by atoms with van der Waals surface area (Å²) in [4.78, 5) is 38.9. The van der Waals surface area contributed by atoms with Crippen molar-refractivity contribution < 1.29 is 23.5 Å². The number of ether oxygens (including phenoxy) is 1. The molecule has 0 atom stereocenters. The van der Waals surface area contributed by atoms with Crippen molar-refractivity contribution in [2.24, 2.45) is 0 Å². The molecule has 3 aromatic rings. The zero-order valence-corrected chi connectivity index (χ0v) is 18.3. The lowest BCUT2D eigenvalue weighted by molar-refractivity contribution is -0.141. The molecule has 8 heteroatoms. The van der Waals surface area contributed by atoms with E-state index in [0.29, 0.717) is 21.7 Å². The van der Waals surface area contributed by atoms with Gasteiger partial charge in [0.1, 0.15) is 5.82 Å². The van der Waals surface area contributed by atoms with Crippen LogP contribution in [-0.4, -0.2) is 43.4 Å². The fraction of sp³-hybridized carbons (Fsp3) is 0.125. The summed E-state index contributed by atoms with van der Waals surface area (Å²) in [6.07, 6.45) is 1.59. The zero-order valence-electron chi connectivity index (χ0n) is 17.5. The molecule has 0 bridgehead atoms. The lowest BCUT2D eigenvalue weighted by Crippen LogP contribution is -2.22. The van der Waals surface area contributed by atoms with Crippen LogP contribution in [0, 0.1) is 5.82 Å². The molecule has 0 fully saturated rings. The largest absolute Gasteiger partial charge is 0.452 e. The number of nitrogens with zero attached hydrogens (tertiary/aromatic N) is 1. The molecule has 3 rings (SSSR count). The maximum Gasteiger partial charge on any atom is 0.340 e. The number of hydrogen-bond donors (Lipinski definition) is 1. The minimum absolute atomic E-state index is 0.147. The SMILES string of the molecule is CN(C)C(=O)c1ccc(NC(=O)COC(=O)/C(=C/c2ccc(F)cc2)c2cccs2)cc1. The van der Waals surface area contributed by atoms with Gasteiger partial charge in [0.25, 0.3) is 11.8 Å². The van der Waals surface area contributed by atoms with Crippen LogP contribution < -0.4 is 5.32 Å². The number of esters is 1. The molecule has 6 nitrogen and oxygen atoms in total. The monoisotopic (exact) mass is 452 g/mol. The molecule has 1 aromatic heterocycles. The minimum Gasteiger partial charge on any atom is -0.452 e. The number of anilines is 1. The van der Waals surface area contributed by atoms with Gasteiger partial charge in [-0.2, -0.15) is 0 Å². The van der Waals surface area contributed by atoms with Crippen LogP contribution in [0.4, 0.5) is 10.1 Å². The quantitative estimate of drug-likeness (QED) is 0.428. The molecule has 2 aromatic carbocycles. The molecule has 0 unspecified atom stereocenters. The topological polar surface area (TPSA) is 75.7 Å². The van der Waals surface area contributed by atoms with Crippen LogP contribution in [0.2, 0.25) is 0 Å². The first-order valence-electron chi connectivity index (χ1n) is 9.63. The number of rotatable bonds is 7. The highest BCUT2D eigenvalue weighted by Crippen LogP contribution is 2.24. The number of halogens is 1. The fourth-order valence-electron chi connectivity index (χ4n) is 2.75. The van der Waals surface area contributed by atoms with Crippen molar-refractivity contribution in [1.29, 1.82) is 0 Å². The van der Waals surface area contributed by atoms with Crippen molar-refractivity contribution in [3.8, 4) is 0 Å². The number of nitrogens with one attached hydrogen (secondary N) is 1. The Bertz CT molecular complexity index is 1120. The molecule has 0 saturated carbocycles. The van der Waals surface area contributed by atoms with E-state index in [2.05, 4.69) is 5.32 Å². The van der Waals surface area contributed by atoms with Gasteiger partial charge in [0.05, 0.1) is 5.57 Å². The molecule has 164 valence electrons. The molecule has 0 aliphatic heterocycles. The number of amides is 2. The van der Waals surface area contributed by atoms with Gasteiger partial charge in [-0.1, -0.05) is 18.2 Å². The predicted octanol–water partition coefficient (Wildman–Crippen LogP) is 4.31. The fourth-order valence-corrected chi connectivity index (χ4v) is 3.48. The predicted molar refractivity (Wildman–Crippen MR) is 123 cm³/mol. The Morgan fingerprint density at radius 1 is 1.03 bits per heavy atom. The van der Waals surface area contributed by atoms with Crippen molar-refractivity contribution in [3.05, 3.63) is 87.9 Å². The number of thiophene rings is 1. The van der Waals surface area contributed by atoms with Gasteiger partial charge >= 0.3 is 5.97 Å². The smallest absolute Gasteiger partial charge is 0.340 e. The number of carbonyl (C=O) groups is 3. The van der Waals surface area contributed by atoms with E-state index < -0.39 is 18.5 Å². The molecule has 0 radical (unpaired) electrons. The first kappa shape index (κ1) is 22.9. The van der Waals surface area contributed by atoms with Crippen molar-refractivity contribution in [1.82, 2.24) is 4.90 Å². The molecule has 1 heterocycles. The Kier molecular flexibility index (Phi) is 7.51. The normalized spacial score (nSPS) is 11.0. The molecule has 0 saturated heterocycles. The number of hydrogen-bond acceptors (Lipinski definition) is 5. The Morgan fingerprint density at radius 3 is 2.31 bits per heavy atom. The van der Waals surface area contributed by atoms with Gasteiger partial charge in [-0.3, -0.25) is 9.59 Å². The summed E-state index contributed by atoms with van der Waals surface area (Å²) in [6, 6.07) is 15.7. The Labute approximate surface area is 188 Å². The minimum atomic E-state index is -0.668. The van der Waals surface area contributed by atoms with Gasteiger partial charge < -0.3 is 15.0 Å². The van der Waals surface area contributed by atoms with Gasteiger partial charge in [0.2, 0.25) is 0 Å². The van der Waals surface area contributed by atoms with Crippen LogP contribution in [0.15, 0.2) is 66.0 Å². The third-order valence-corrected chi connectivity index (χ3v) is 5.25. The Hall–Kier alpha value is -3.78. The highest BCUT2D eigenvalue weighted by molar-refractivity contribution is 7.11. The van der Waals surface area contributed by atoms with Crippen molar-refractivity contribution in [2.45, 2.75) is 0 Å². The van der Waals surface area contributed by atoms with Crippen LogP contribution in [0.1, 0.15) is 20.8 Å². The van der Waals surface area contributed by atoms with Crippen LogP contribution in [-0.2, 0) is 14.3 Å². The molecule has 32 heavy (non-hydrogen) atoms. The summed E-state index contributed by atoms with van der Waals surface area (Å²) in [6.45, 7) is -0.483. The van der Waals surface area contributed by atoms with E-state index in [1.54, 1.807) is 68.7 Å². The van der Waals surface area contributed by atoms with Crippen molar-refractivity contribution in [2.75, 3.05) is 26.0 Å². The summed E-state index contributed by atoms with van der Waals surface area (Å²) in [5.41, 5.74) is 1.86.